The van der Waals surface area contributed by atoms with Crippen molar-refractivity contribution in [2.45, 2.75) is 25.4 Å². The first-order chi connectivity index (χ1) is 11.7. The van der Waals surface area contributed by atoms with Gasteiger partial charge in [0.1, 0.15) is 0 Å². The molecule has 1 aromatic heterocycles. The molecule has 1 aromatic carbocycles. The third-order valence-electron chi connectivity index (χ3n) is 3.85. The summed E-state index contributed by atoms with van der Waals surface area (Å²) in [5, 5.41) is 6.99. The average molecular weight is 329 g/mol. The topological polar surface area (TPSA) is 82.5 Å². The molecule has 1 fully saturated rings. The summed E-state index contributed by atoms with van der Waals surface area (Å²) in [6, 6.07) is 9.36. The van der Waals surface area contributed by atoms with E-state index < -0.39 is 12.1 Å². The molecule has 0 unspecified atom stereocenters. The monoisotopic (exact) mass is 329 g/mol. The average Bonchev–Trinajstić information content (AvgIpc) is 2.95. The highest BCUT2D eigenvalue weighted by molar-refractivity contribution is 5.93. The van der Waals surface area contributed by atoms with Crippen LogP contribution in [0, 0.1) is 0 Å². The first-order valence-corrected chi connectivity index (χ1v) is 7.87. The van der Waals surface area contributed by atoms with Gasteiger partial charge in [-0.25, -0.2) is 9.48 Å². The zero-order valence-electron chi connectivity index (χ0n) is 13.4. The van der Waals surface area contributed by atoms with Crippen molar-refractivity contribution in [2.75, 3.05) is 13.7 Å². The Balaban J connectivity index is 1.81. The van der Waals surface area contributed by atoms with E-state index in [1.807, 2.05) is 30.3 Å². The number of methoxy groups -OCH3 is 1. The zero-order chi connectivity index (χ0) is 16.9. The van der Waals surface area contributed by atoms with E-state index in [1.165, 1.54) is 7.11 Å². The Morgan fingerprint density at radius 2 is 2.08 bits per heavy atom. The number of benzene rings is 1. The van der Waals surface area contributed by atoms with Gasteiger partial charge in [0.25, 0.3) is 5.91 Å². The SMILES string of the molecule is COc1cn(-c2ccccc2)nc1C(=O)O[C@@H]1CCCCNC1=O. The van der Waals surface area contributed by atoms with E-state index in [0.29, 0.717) is 18.7 Å². The van der Waals surface area contributed by atoms with Crippen LogP contribution in [0.15, 0.2) is 36.5 Å². The van der Waals surface area contributed by atoms with Crippen molar-refractivity contribution in [2.24, 2.45) is 0 Å². The molecule has 1 aliphatic rings. The number of nitrogens with one attached hydrogen (secondary N) is 1. The van der Waals surface area contributed by atoms with Crippen molar-refractivity contribution in [3.63, 3.8) is 0 Å². The number of ether oxygens (including phenoxy) is 2. The second kappa shape index (κ2) is 7.16. The first-order valence-electron chi connectivity index (χ1n) is 7.87. The fourth-order valence-electron chi connectivity index (χ4n) is 2.57. The zero-order valence-corrected chi connectivity index (χ0v) is 13.4. The summed E-state index contributed by atoms with van der Waals surface area (Å²) in [6.45, 7) is 0.610. The molecule has 0 spiro atoms. The molecule has 1 saturated heterocycles. The molecule has 0 aliphatic carbocycles. The number of aromatic nitrogens is 2. The predicted octanol–water partition coefficient (Wildman–Crippen LogP) is 1.71. The fraction of sp³-hybridized carbons (Fsp3) is 0.353. The van der Waals surface area contributed by atoms with Crippen LogP contribution < -0.4 is 10.1 Å². The Bertz CT molecular complexity index is 727. The van der Waals surface area contributed by atoms with E-state index >= 15 is 0 Å². The van der Waals surface area contributed by atoms with Gasteiger partial charge in [-0.3, -0.25) is 4.79 Å². The second-order valence-corrected chi connectivity index (χ2v) is 5.51. The van der Waals surface area contributed by atoms with Crippen LogP contribution >= 0.6 is 0 Å². The number of nitrogens with zero attached hydrogens (tertiary/aromatic N) is 2. The summed E-state index contributed by atoms with van der Waals surface area (Å²) in [7, 11) is 1.46. The Hall–Kier alpha value is -2.83. The van der Waals surface area contributed by atoms with Gasteiger partial charge in [0.05, 0.1) is 19.0 Å². The van der Waals surface area contributed by atoms with Crippen LogP contribution in [0.25, 0.3) is 5.69 Å². The van der Waals surface area contributed by atoms with E-state index in [-0.39, 0.29) is 11.6 Å². The molecule has 7 heteroatoms. The molecule has 1 atom stereocenters. The number of rotatable bonds is 4. The molecule has 0 saturated carbocycles. The highest BCUT2D eigenvalue weighted by Crippen LogP contribution is 2.21. The Labute approximate surface area is 139 Å². The van der Waals surface area contributed by atoms with Crippen molar-refractivity contribution >= 4 is 11.9 Å². The molecule has 1 aliphatic heterocycles. The van der Waals surface area contributed by atoms with Gasteiger partial charge in [-0.15, -0.1) is 0 Å². The fourth-order valence-corrected chi connectivity index (χ4v) is 2.57. The standard InChI is InChI=1S/C17H19N3O4/c1-23-14-11-20(12-7-3-2-4-8-12)19-15(14)17(22)24-13-9-5-6-10-18-16(13)21/h2-4,7-8,11,13H,5-6,9-10H2,1H3,(H,18,21)/t13-/m1/s1. The van der Waals surface area contributed by atoms with Gasteiger partial charge < -0.3 is 14.8 Å². The van der Waals surface area contributed by atoms with E-state index in [9.17, 15) is 9.59 Å². The Kier molecular flexibility index (Phi) is 4.79. The van der Waals surface area contributed by atoms with Crippen molar-refractivity contribution in [3.8, 4) is 11.4 Å². The Morgan fingerprint density at radius 3 is 2.83 bits per heavy atom. The van der Waals surface area contributed by atoms with E-state index in [2.05, 4.69) is 10.4 Å². The first kappa shape index (κ1) is 16.0. The third-order valence-corrected chi connectivity index (χ3v) is 3.85. The van der Waals surface area contributed by atoms with E-state index in [0.717, 1.165) is 18.5 Å². The molecule has 24 heavy (non-hydrogen) atoms. The van der Waals surface area contributed by atoms with Crippen LogP contribution in [0.3, 0.4) is 0 Å². The maximum absolute atomic E-state index is 12.4. The molecular weight excluding hydrogens is 310 g/mol. The number of carbonyl (C=O) groups is 2. The van der Waals surface area contributed by atoms with Crippen molar-refractivity contribution in [1.82, 2.24) is 15.1 Å². The second-order valence-electron chi connectivity index (χ2n) is 5.51. The normalized spacial score (nSPS) is 17.7. The largest absolute Gasteiger partial charge is 0.493 e. The molecule has 0 radical (unpaired) electrons. The summed E-state index contributed by atoms with van der Waals surface area (Å²) in [6.07, 6.45) is 3.04. The van der Waals surface area contributed by atoms with Crippen molar-refractivity contribution in [3.05, 3.63) is 42.2 Å². The summed E-state index contributed by atoms with van der Waals surface area (Å²) < 4.78 is 12.1. The van der Waals surface area contributed by atoms with Gasteiger partial charge in [-0.1, -0.05) is 18.2 Å². The molecule has 1 amide bonds. The van der Waals surface area contributed by atoms with Crippen molar-refractivity contribution in [1.29, 1.82) is 0 Å². The van der Waals surface area contributed by atoms with Crippen LogP contribution in [-0.4, -0.2) is 41.4 Å². The van der Waals surface area contributed by atoms with Crippen LogP contribution in [0.4, 0.5) is 0 Å². The van der Waals surface area contributed by atoms with Gasteiger partial charge >= 0.3 is 5.97 Å². The number of carbonyl (C=O) groups excluding carboxylic acids is 2. The maximum Gasteiger partial charge on any atom is 0.363 e. The summed E-state index contributed by atoms with van der Waals surface area (Å²) in [4.78, 5) is 24.4. The van der Waals surface area contributed by atoms with E-state index in [4.69, 9.17) is 9.47 Å². The molecular formula is C17H19N3O4. The lowest BCUT2D eigenvalue weighted by Crippen LogP contribution is -2.36. The summed E-state index contributed by atoms with van der Waals surface area (Å²) >= 11 is 0. The van der Waals surface area contributed by atoms with E-state index in [1.54, 1.807) is 10.9 Å². The maximum atomic E-state index is 12.4. The van der Waals surface area contributed by atoms with Gasteiger partial charge in [0.2, 0.25) is 5.69 Å². The lowest BCUT2D eigenvalue weighted by atomic mass is 10.2. The number of hydrogen-bond donors (Lipinski definition) is 1. The minimum absolute atomic E-state index is 0.0541. The highest BCUT2D eigenvalue weighted by Gasteiger charge is 2.28. The summed E-state index contributed by atoms with van der Waals surface area (Å²) in [5.74, 6) is -0.622. The molecule has 126 valence electrons. The third kappa shape index (κ3) is 3.40. The summed E-state index contributed by atoms with van der Waals surface area (Å²) in [5.41, 5.74) is 0.848. The number of hydrogen-bond acceptors (Lipinski definition) is 5. The van der Waals surface area contributed by atoms with Gasteiger partial charge in [-0.2, -0.15) is 5.10 Å². The lowest BCUT2D eigenvalue weighted by Gasteiger charge is -2.13. The van der Waals surface area contributed by atoms with Gasteiger partial charge in [0, 0.05) is 6.54 Å². The smallest absolute Gasteiger partial charge is 0.363 e. The van der Waals surface area contributed by atoms with Gasteiger partial charge in [0.15, 0.2) is 11.9 Å². The minimum atomic E-state index is -0.786. The molecule has 0 bridgehead atoms. The van der Waals surface area contributed by atoms with Crippen LogP contribution in [0.2, 0.25) is 0 Å². The molecule has 3 rings (SSSR count). The van der Waals surface area contributed by atoms with Crippen molar-refractivity contribution < 1.29 is 19.1 Å². The highest BCUT2D eigenvalue weighted by atomic mass is 16.6. The molecule has 1 N–H and O–H groups in total. The quantitative estimate of drug-likeness (QED) is 0.864. The van der Waals surface area contributed by atoms with Crippen LogP contribution in [0.5, 0.6) is 5.75 Å². The molecule has 7 nitrogen and oxygen atoms in total. The van der Waals surface area contributed by atoms with Gasteiger partial charge in [-0.05, 0) is 31.4 Å². The minimum Gasteiger partial charge on any atom is -0.493 e. The number of amides is 1. The lowest BCUT2D eigenvalue weighted by molar-refractivity contribution is -0.129. The van der Waals surface area contributed by atoms with Crippen LogP contribution in [-0.2, 0) is 9.53 Å². The molecule has 2 aromatic rings. The molecule has 2 heterocycles. The Morgan fingerprint density at radius 1 is 1.29 bits per heavy atom. The predicted molar refractivity (Wildman–Crippen MR) is 86.2 cm³/mol. The number of para-hydroxylation sites is 1. The number of esters is 1. The van der Waals surface area contributed by atoms with Crippen LogP contribution in [0.1, 0.15) is 29.8 Å².